The number of hydrogen-bond donors (Lipinski definition) is 0. The zero-order valence-electron chi connectivity index (χ0n) is 36.0. The van der Waals surface area contributed by atoms with Gasteiger partial charge in [-0.1, -0.05) is 144 Å². The molecule has 0 amide bonds. The molecule has 0 aliphatic carbocycles. The van der Waals surface area contributed by atoms with Crippen molar-refractivity contribution in [2.75, 3.05) is 9.80 Å². The summed E-state index contributed by atoms with van der Waals surface area (Å²) < 4.78 is 6.98. The summed E-state index contributed by atoms with van der Waals surface area (Å²) in [5, 5.41) is 2.25. The quantitative estimate of drug-likeness (QED) is 0.169. The van der Waals surface area contributed by atoms with Crippen LogP contribution in [0.4, 0.5) is 34.1 Å². The van der Waals surface area contributed by atoms with Gasteiger partial charge in [0.2, 0.25) is 0 Å². The van der Waals surface area contributed by atoms with Gasteiger partial charge in [0.1, 0.15) is 5.58 Å². The van der Waals surface area contributed by atoms with Gasteiger partial charge in [0.05, 0.1) is 28.4 Å². The van der Waals surface area contributed by atoms with E-state index in [1.807, 2.05) is 0 Å². The lowest BCUT2D eigenvalue weighted by Crippen LogP contribution is -2.31. The van der Waals surface area contributed by atoms with Gasteiger partial charge in [-0.3, -0.25) is 0 Å². The van der Waals surface area contributed by atoms with Gasteiger partial charge in [-0.25, -0.2) is 0 Å². The molecule has 0 spiro atoms. The van der Waals surface area contributed by atoms with Crippen molar-refractivity contribution in [3.8, 4) is 0 Å². The number of furan rings is 1. The molecule has 2 aliphatic heterocycles. The van der Waals surface area contributed by atoms with Crippen LogP contribution in [-0.2, 0) is 10.8 Å². The van der Waals surface area contributed by atoms with E-state index in [1.165, 1.54) is 67.3 Å². The van der Waals surface area contributed by atoms with Crippen molar-refractivity contribution < 1.29 is 4.42 Å². The molecule has 3 nitrogen and oxygen atoms in total. The fraction of sp³-hybridized carbons (Fsp3) is 0.333. The van der Waals surface area contributed by atoms with Gasteiger partial charge < -0.3 is 14.2 Å². The molecule has 0 radical (unpaired) electrons. The Morgan fingerprint density at radius 1 is 0.404 bits per heavy atom. The van der Waals surface area contributed by atoms with Crippen LogP contribution in [0.3, 0.4) is 0 Å². The maximum Gasteiger partial charge on any atom is 0.159 e. The topological polar surface area (TPSA) is 19.6 Å². The number of fused-ring (bicyclic) bond motifs is 7. The SMILES string of the molecule is CC(C)c1ccc2c(c1)C(C)(C)c1cc(C(C)C)ccc1N2c1ccc2oc3c(N4c5ccc(C(C)C)cc5C(C)(C)c5cc(C(C)C)ccc54)cccc3c2c1. The Kier molecular flexibility index (Phi) is 8.59. The maximum absolute atomic E-state index is 6.98. The highest BCUT2D eigenvalue weighted by atomic mass is 16.3. The monoisotopic (exact) mass is 750 g/mol. The van der Waals surface area contributed by atoms with Crippen molar-refractivity contribution in [2.45, 2.75) is 118 Å². The number of rotatable bonds is 6. The normalized spacial score (nSPS) is 15.5. The van der Waals surface area contributed by atoms with Gasteiger partial charge in [0.25, 0.3) is 0 Å². The molecular formula is C54H58N2O. The van der Waals surface area contributed by atoms with Crippen molar-refractivity contribution in [3.63, 3.8) is 0 Å². The first-order chi connectivity index (χ1) is 27.1. The summed E-state index contributed by atoms with van der Waals surface area (Å²) in [5.74, 6) is 1.78. The molecule has 3 heterocycles. The summed E-state index contributed by atoms with van der Waals surface area (Å²) in [6.07, 6.45) is 0. The highest BCUT2D eigenvalue weighted by Crippen LogP contribution is 2.56. The Bertz CT molecular complexity index is 2600. The lowest BCUT2D eigenvalue weighted by molar-refractivity contribution is 0.626. The van der Waals surface area contributed by atoms with Crippen molar-refractivity contribution in [2.24, 2.45) is 0 Å². The molecule has 0 saturated heterocycles. The van der Waals surface area contributed by atoms with Gasteiger partial charge in [-0.15, -0.1) is 0 Å². The maximum atomic E-state index is 6.98. The molecule has 1 aromatic heterocycles. The predicted octanol–water partition coefficient (Wildman–Crippen LogP) is 16.3. The molecular weight excluding hydrogens is 693 g/mol. The zero-order valence-corrected chi connectivity index (χ0v) is 36.0. The average Bonchev–Trinajstić information content (AvgIpc) is 3.56. The number of hydrogen-bond acceptors (Lipinski definition) is 3. The Morgan fingerprint density at radius 3 is 1.21 bits per heavy atom. The lowest BCUT2D eigenvalue weighted by Gasteiger charge is -2.43. The van der Waals surface area contributed by atoms with E-state index < -0.39 is 0 Å². The molecule has 0 fully saturated rings. The molecule has 9 rings (SSSR count). The van der Waals surface area contributed by atoms with Crippen LogP contribution in [0.1, 0.15) is 151 Å². The molecule has 2 aliphatic rings. The van der Waals surface area contributed by atoms with E-state index in [1.54, 1.807) is 0 Å². The van der Waals surface area contributed by atoms with E-state index in [4.69, 9.17) is 4.42 Å². The molecule has 7 aromatic rings. The Balaban J connectivity index is 1.25. The molecule has 0 unspecified atom stereocenters. The largest absolute Gasteiger partial charge is 0.454 e. The molecule has 0 atom stereocenters. The van der Waals surface area contributed by atoms with Gasteiger partial charge in [-0.2, -0.15) is 0 Å². The van der Waals surface area contributed by atoms with E-state index in [-0.39, 0.29) is 10.8 Å². The van der Waals surface area contributed by atoms with Crippen LogP contribution >= 0.6 is 0 Å². The van der Waals surface area contributed by atoms with E-state index in [9.17, 15) is 0 Å². The summed E-state index contributed by atoms with van der Waals surface area (Å²) in [5.41, 5.74) is 19.5. The first-order valence-corrected chi connectivity index (χ1v) is 21.2. The molecule has 3 heteroatoms. The Hall–Kier alpha value is -5.28. The Labute approximate surface area is 340 Å². The second-order valence-corrected chi connectivity index (χ2v) is 19.1. The van der Waals surface area contributed by atoms with Crippen LogP contribution in [-0.4, -0.2) is 0 Å². The first kappa shape index (κ1) is 37.3. The van der Waals surface area contributed by atoms with Crippen LogP contribution in [0, 0.1) is 0 Å². The second-order valence-electron chi connectivity index (χ2n) is 19.1. The fourth-order valence-corrected chi connectivity index (χ4v) is 9.61. The van der Waals surface area contributed by atoms with Gasteiger partial charge in [0.15, 0.2) is 5.58 Å². The average molecular weight is 751 g/mol. The number of nitrogens with zero attached hydrogens (tertiary/aromatic N) is 2. The lowest BCUT2D eigenvalue weighted by atomic mass is 9.72. The van der Waals surface area contributed by atoms with Crippen molar-refractivity contribution in [1.82, 2.24) is 0 Å². The van der Waals surface area contributed by atoms with E-state index in [2.05, 4.69) is 202 Å². The van der Waals surface area contributed by atoms with Crippen LogP contribution in [0.15, 0.2) is 114 Å². The highest BCUT2D eigenvalue weighted by Gasteiger charge is 2.40. The van der Waals surface area contributed by atoms with Crippen molar-refractivity contribution >= 4 is 56.1 Å². The smallest absolute Gasteiger partial charge is 0.159 e. The number of para-hydroxylation sites is 1. The highest BCUT2D eigenvalue weighted by molar-refractivity contribution is 6.12. The van der Waals surface area contributed by atoms with Crippen LogP contribution in [0.25, 0.3) is 21.9 Å². The minimum Gasteiger partial charge on any atom is -0.454 e. The van der Waals surface area contributed by atoms with Gasteiger partial charge in [0, 0.05) is 27.3 Å². The van der Waals surface area contributed by atoms with Gasteiger partial charge >= 0.3 is 0 Å². The number of anilines is 6. The van der Waals surface area contributed by atoms with Crippen molar-refractivity contribution in [3.05, 3.63) is 154 Å². The van der Waals surface area contributed by atoms with E-state index >= 15 is 0 Å². The third-order valence-electron chi connectivity index (χ3n) is 13.4. The summed E-state index contributed by atoms with van der Waals surface area (Å²) in [7, 11) is 0. The minimum atomic E-state index is -0.172. The van der Waals surface area contributed by atoms with Crippen LogP contribution in [0.2, 0.25) is 0 Å². The number of benzene rings is 6. The molecule has 57 heavy (non-hydrogen) atoms. The summed E-state index contributed by atoms with van der Waals surface area (Å²) in [4.78, 5) is 4.96. The summed E-state index contributed by atoms with van der Waals surface area (Å²) >= 11 is 0. The third-order valence-corrected chi connectivity index (χ3v) is 13.4. The van der Waals surface area contributed by atoms with Crippen LogP contribution in [0.5, 0.6) is 0 Å². The van der Waals surface area contributed by atoms with Crippen LogP contribution < -0.4 is 9.80 Å². The molecule has 0 saturated carbocycles. The molecule has 0 N–H and O–H groups in total. The standard InChI is InChI=1S/C54H58N2O/c1-31(2)35-16-21-46-42(26-35)53(9,10)43-27-36(32(3)4)17-22-47(43)55(46)39-20-25-51-41(30-39)40-14-13-15-50(52(40)57-51)56-48-23-18-37(33(5)6)28-44(48)54(11,12)45-29-38(34(7)8)19-24-49(45)56/h13-34H,1-12H3. The predicted molar refractivity (Wildman–Crippen MR) is 244 cm³/mol. The zero-order chi connectivity index (χ0) is 40.3. The summed E-state index contributed by atoms with van der Waals surface area (Å²) in [6.45, 7) is 27.9. The molecule has 6 aromatic carbocycles. The van der Waals surface area contributed by atoms with Crippen molar-refractivity contribution in [1.29, 1.82) is 0 Å². The van der Waals surface area contributed by atoms with E-state index in [0.717, 1.165) is 33.3 Å². The van der Waals surface area contributed by atoms with Gasteiger partial charge in [-0.05, 0) is 117 Å². The third kappa shape index (κ3) is 5.67. The Morgan fingerprint density at radius 2 is 0.807 bits per heavy atom. The second kappa shape index (κ2) is 13.1. The summed E-state index contributed by atoms with van der Waals surface area (Å²) in [6, 6.07) is 41.9. The molecule has 0 bridgehead atoms. The minimum absolute atomic E-state index is 0.153. The first-order valence-electron chi connectivity index (χ1n) is 21.2. The van der Waals surface area contributed by atoms with E-state index in [0.29, 0.717) is 23.7 Å². The fourth-order valence-electron chi connectivity index (χ4n) is 9.61. The molecule has 290 valence electrons.